The Labute approximate surface area is 140 Å². The molecule has 1 saturated heterocycles. The molecule has 1 aliphatic heterocycles. The fourth-order valence-electron chi connectivity index (χ4n) is 3.46. The van der Waals surface area contributed by atoms with Gasteiger partial charge in [0, 0.05) is 24.3 Å². The van der Waals surface area contributed by atoms with Gasteiger partial charge in [0.05, 0.1) is 5.39 Å². The topological polar surface area (TPSA) is 44.8 Å². The van der Waals surface area contributed by atoms with Crippen molar-refractivity contribution in [1.29, 1.82) is 0 Å². The number of nitrogens with zero attached hydrogens (tertiary/aromatic N) is 3. The van der Waals surface area contributed by atoms with Gasteiger partial charge >= 0.3 is 0 Å². The molecule has 23 heavy (non-hydrogen) atoms. The minimum atomic E-state index is 0.200. The number of rotatable bonds is 2. The number of aromatic nitrogens is 3. The van der Waals surface area contributed by atoms with Crippen molar-refractivity contribution in [3.63, 3.8) is 0 Å². The summed E-state index contributed by atoms with van der Waals surface area (Å²) in [6.07, 6.45) is 5.76. The molecule has 4 rings (SSSR count). The van der Waals surface area contributed by atoms with Crippen LogP contribution in [-0.2, 0) is 5.41 Å². The molecule has 0 amide bonds. The van der Waals surface area contributed by atoms with Crippen LogP contribution in [-0.4, -0.2) is 28.0 Å². The van der Waals surface area contributed by atoms with Gasteiger partial charge in [-0.2, -0.15) is 0 Å². The van der Waals surface area contributed by atoms with Crippen LogP contribution in [0.3, 0.4) is 0 Å². The second-order valence-electron chi connectivity index (χ2n) is 6.49. The zero-order valence-corrected chi connectivity index (χ0v) is 13.8. The summed E-state index contributed by atoms with van der Waals surface area (Å²) in [6.45, 7) is 4.34. The Morgan fingerprint density at radius 3 is 2.57 bits per heavy atom. The van der Waals surface area contributed by atoms with Gasteiger partial charge in [-0.15, -0.1) is 0 Å². The fraction of sp³-hybridized carbons (Fsp3) is 0.333. The van der Waals surface area contributed by atoms with Crippen molar-refractivity contribution in [1.82, 2.24) is 15.0 Å². The van der Waals surface area contributed by atoms with Crippen LogP contribution in [0.2, 0.25) is 5.02 Å². The van der Waals surface area contributed by atoms with Gasteiger partial charge in [0.1, 0.15) is 17.8 Å². The molecule has 0 bridgehead atoms. The lowest BCUT2D eigenvalue weighted by molar-refractivity contribution is 0.361. The molecule has 0 aliphatic carbocycles. The predicted molar refractivity (Wildman–Crippen MR) is 94.1 cm³/mol. The lowest BCUT2D eigenvalue weighted by Crippen LogP contribution is -2.41. The predicted octanol–water partition coefficient (Wildman–Crippen LogP) is 4.17. The number of nitrogens with one attached hydrogen (secondary N) is 1. The first-order valence-corrected chi connectivity index (χ1v) is 8.33. The summed E-state index contributed by atoms with van der Waals surface area (Å²) in [4.78, 5) is 14.3. The molecule has 1 N–H and O–H groups in total. The van der Waals surface area contributed by atoms with Gasteiger partial charge in [0.15, 0.2) is 0 Å². The smallest absolute Gasteiger partial charge is 0.142 e. The molecule has 4 nitrogen and oxygen atoms in total. The zero-order chi connectivity index (χ0) is 15.9. The number of H-pyrrole nitrogens is 1. The van der Waals surface area contributed by atoms with Crippen LogP contribution in [0.5, 0.6) is 0 Å². The maximum atomic E-state index is 6.02. The molecule has 118 valence electrons. The Morgan fingerprint density at radius 2 is 1.83 bits per heavy atom. The maximum absolute atomic E-state index is 6.02. The summed E-state index contributed by atoms with van der Waals surface area (Å²) in [7, 11) is 0. The average molecular weight is 327 g/mol. The van der Waals surface area contributed by atoms with Gasteiger partial charge in [0.25, 0.3) is 0 Å². The quantitative estimate of drug-likeness (QED) is 0.768. The number of hydrogen-bond donors (Lipinski definition) is 1. The summed E-state index contributed by atoms with van der Waals surface area (Å²) in [5, 5.41) is 1.90. The Morgan fingerprint density at radius 1 is 1.09 bits per heavy atom. The maximum Gasteiger partial charge on any atom is 0.142 e. The van der Waals surface area contributed by atoms with Crippen molar-refractivity contribution in [2.45, 2.75) is 25.2 Å². The van der Waals surface area contributed by atoms with Crippen molar-refractivity contribution >= 4 is 28.5 Å². The van der Waals surface area contributed by atoms with Crippen molar-refractivity contribution in [2.75, 3.05) is 18.0 Å². The Hall–Kier alpha value is -2.07. The lowest BCUT2D eigenvalue weighted by atomic mass is 9.74. The van der Waals surface area contributed by atoms with E-state index in [2.05, 4.69) is 45.0 Å². The van der Waals surface area contributed by atoms with E-state index in [-0.39, 0.29) is 5.41 Å². The van der Waals surface area contributed by atoms with E-state index >= 15 is 0 Å². The summed E-state index contributed by atoms with van der Waals surface area (Å²) in [5.41, 5.74) is 2.47. The van der Waals surface area contributed by atoms with E-state index in [9.17, 15) is 0 Å². The van der Waals surface area contributed by atoms with Crippen molar-refractivity contribution in [2.24, 2.45) is 0 Å². The van der Waals surface area contributed by atoms with Crippen LogP contribution >= 0.6 is 11.6 Å². The van der Waals surface area contributed by atoms with Crippen molar-refractivity contribution in [3.05, 3.63) is 53.4 Å². The Balaban J connectivity index is 1.57. The van der Waals surface area contributed by atoms with Crippen LogP contribution in [0.4, 0.5) is 5.82 Å². The van der Waals surface area contributed by atoms with Gasteiger partial charge in [0.2, 0.25) is 0 Å². The van der Waals surface area contributed by atoms with Crippen LogP contribution in [0, 0.1) is 0 Å². The Kier molecular flexibility index (Phi) is 3.49. The van der Waals surface area contributed by atoms with Crippen LogP contribution < -0.4 is 4.90 Å². The van der Waals surface area contributed by atoms with E-state index in [0.29, 0.717) is 0 Å². The summed E-state index contributed by atoms with van der Waals surface area (Å²) >= 11 is 6.02. The third-order valence-electron chi connectivity index (χ3n) is 5.04. The van der Waals surface area contributed by atoms with Gasteiger partial charge < -0.3 is 9.88 Å². The molecule has 1 fully saturated rings. The highest BCUT2D eigenvalue weighted by Crippen LogP contribution is 2.37. The minimum Gasteiger partial charge on any atom is -0.356 e. The minimum absolute atomic E-state index is 0.200. The summed E-state index contributed by atoms with van der Waals surface area (Å²) in [6, 6.07) is 10.3. The lowest BCUT2D eigenvalue weighted by Gasteiger charge is -2.40. The highest BCUT2D eigenvalue weighted by Gasteiger charge is 2.32. The number of hydrogen-bond acceptors (Lipinski definition) is 3. The third kappa shape index (κ3) is 2.57. The SMILES string of the molecule is CC1(c2ccc(Cl)cc2)CCN(c2ncnc3[nH]ccc23)CC1. The molecule has 3 aromatic rings. The molecule has 0 radical (unpaired) electrons. The van der Waals surface area contributed by atoms with Gasteiger partial charge in [-0.05, 0) is 42.0 Å². The fourth-order valence-corrected chi connectivity index (χ4v) is 3.59. The molecule has 0 atom stereocenters. The highest BCUT2D eigenvalue weighted by atomic mass is 35.5. The highest BCUT2D eigenvalue weighted by molar-refractivity contribution is 6.30. The van der Waals surface area contributed by atoms with Crippen molar-refractivity contribution in [3.8, 4) is 0 Å². The molecule has 0 unspecified atom stereocenters. The second kappa shape index (κ2) is 5.53. The molecule has 1 aromatic carbocycles. The zero-order valence-electron chi connectivity index (χ0n) is 13.1. The van der Waals surface area contributed by atoms with Crippen LogP contribution in [0.15, 0.2) is 42.9 Å². The van der Waals surface area contributed by atoms with Gasteiger partial charge in [-0.25, -0.2) is 9.97 Å². The number of fused-ring (bicyclic) bond motifs is 1. The van der Waals surface area contributed by atoms with Gasteiger partial charge in [-0.1, -0.05) is 30.7 Å². The van der Waals surface area contributed by atoms with E-state index in [4.69, 9.17) is 11.6 Å². The molecule has 0 spiro atoms. The number of anilines is 1. The average Bonchev–Trinajstić information content (AvgIpc) is 3.05. The number of aromatic amines is 1. The largest absolute Gasteiger partial charge is 0.356 e. The molecule has 2 aromatic heterocycles. The number of piperidine rings is 1. The molecule has 1 aliphatic rings. The molecular weight excluding hydrogens is 308 g/mol. The van der Waals surface area contributed by atoms with Crippen LogP contribution in [0.1, 0.15) is 25.3 Å². The number of halogens is 1. The van der Waals surface area contributed by atoms with E-state index < -0.39 is 0 Å². The number of benzene rings is 1. The molecular formula is C18H19ClN4. The second-order valence-corrected chi connectivity index (χ2v) is 6.93. The van der Waals surface area contributed by atoms with E-state index in [1.807, 2.05) is 18.3 Å². The summed E-state index contributed by atoms with van der Waals surface area (Å²) in [5.74, 6) is 1.04. The van der Waals surface area contributed by atoms with Gasteiger partial charge in [-0.3, -0.25) is 0 Å². The molecule has 0 saturated carbocycles. The first kappa shape index (κ1) is 14.5. The van der Waals surface area contributed by atoms with E-state index in [1.165, 1.54) is 5.56 Å². The molecule has 3 heterocycles. The first-order valence-electron chi connectivity index (χ1n) is 7.95. The summed E-state index contributed by atoms with van der Waals surface area (Å²) < 4.78 is 0. The molecule has 5 heteroatoms. The van der Waals surface area contributed by atoms with Crippen molar-refractivity contribution < 1.29 is 0 Å². The van der Waals surface area contributed by atoms with Crippen LogP contribution in [0.25, 0.3) is 11.0 Å². The first-order chi connectivity index (χ1) is 11.2. The normalized spacial score (nSPS) is 17.6. The third-order valence-corrected chi connectivity index (χ3v) is 5.29. The Bertz CT molecular complexity index is 816. The monoisotopic (exact) mass is 326 g/mol. The van der Waals surface area contributed by atoms with E-state index in [1.54, 1.807) is 6.33 Å². The van der Waals surface area contributed by atoms with E-state index in [0.717, 1.165) is 47.8 Å². The standard InChI is InChI=1S/C18H19ClN4/c1-18(13-2-4-14(19)5-3-13)7-10-23(11-8-18)17-15-6-9-20-16(15)21-12-22-17/h2-6,9,12H,7-8,10-11H2,1H3,(H,20,21,22).